The van der Waals surface area contributed by atoms with Crippen LogP contribution in [0, 0.1) is 0 Å². The summed E-state index contributed by atoms with van der Waals surface area (Å²) in [4.78, 5) is 29.0. The maximum absolute atomic E-state index is 13.0. The fourth-order valence-corrected chi connectivity index (χ4v) is 3.53. The minimum absolute atomic E-state index is 0.304. The normalized spacial score (nSPS) is 11.9. The molecule has 3 N–H and O–H groups in total. The number of nitrogens with one attached hydrogen (secondary N) is 3. The standard InChI is InChI=1S/C22H20ClN5O2/c1-28-11-10-20(27-28)26-22(30)19(25-21(29)16-7-2-4-8-17(16)23)12-14-13-24-18-9-5-3-6-15(14)18/h2-11,13,19,24H,12H2,1H3,(H,25,29)(H,26,27,30). The van der Waals surface area contributed by atoms with Crippen molar-refractivity contribution in [3.8, 4) is 0 Å². The van der Waals surface area contributed by atoms with Crippen LogP contribution in [0.25, 0.3) is 10.9 Å². The van der Waals surface area contributed by atoms with Crippen molar-refractivity contribution in [2.75, 3.05) is 5.32 Å². The van der Waals surface area contributed by atoms with Gasteiger partial charge in [0.2, 0.25) is 5.91 Å². The van der Waals surface area contributed by atoms with Gasteiger partial charge in [-0.3, -0.25) is 14.3 Å². The number of H-pyrrole nitrogens is 1. The predicted octanol–water partition coefficient (Wildman–Crippen LogP) is 3.53. The summed E-state index contributed by atoms with van der Waals surface area (Å²) in [5.41, 5.74) is 2.20. The number of anilines is 1. The zero-order valence-corrected chi connectivity index (χ0v) is 17.0. The van der Waals surface area contributed by atoms with E-state index in [1.807, 2.05) is 30.5 Å². The van der Waals surface area contributed by atoms with Crippen molar-refractivity contribution in [2.45, 2.75) is 12.5 Å². The van der Waals surface area contributed by atoms with Crippen LogP contribution in [-0.4, -0.2) is 32.6 Å². The van der Waals surface area contributed by atoms with Crippen LogP contribution < -0.4 is 10.6 Å². The van der Waals surface area contributed by atoms with Gasteiger partial charge in [-0.1, -0.05) is 41.9 Å². The third kappa shape index (κ3) is 4.21. The second-order valence-corrected chi connectivity index (χ2v) is 7.34. The Labute approximate surface area is 178 Å². The quantitative estimate of drug-likeness (QED) is 0.444. The third-order valence-corrected chi connectivity index (χ3v) is 5.13. The number of carbonyl (C=O) groups is 2. The van der Waals surface area contributed by atoms with E-state index in [1.54, 1.807) is 48.3 Å². The number of hydrogen-bond donors (Lipinski definition) is 3. The van der Waals surface area contributed by atoms with Crippen LogP contribution in [0.2, 0.25) is 5.02 Å². The average molecular weight is 422 g/mol. The molecular formula is C22H20ClN5O2. The molecule has 2 aromatic carbocycles. The van der Waals surface area contributed by atoms with Gasteiger partial charge < -0.3 is 15.6 Å². The zero-order chi connectivity index (χ0) is 21.1. The fraction of sp³-hybridized carbons (Fsp3) is 0.136. The Morgan fingerprint density at radius 3 is 2.67 bits per heavy atom. The minimum atomic E-state index is -0.824. The van der Waals surface area contributed by atoms with Gasteiger partial charge >= 0.3 is 0 Å². The molecule has 2 heterocycles. The van der Waals surface area contributed by atoms with E-state index in [0.717, 1.165) is 16.5 Å². The Morgan fingerprint density at radius 1 is 1.13 bits per heavy atom. The summed E-state index contributed by atoms with van der Waals surface area (Å²) in [6.45, 7) is 0. The first kappa shape index (κ1) is 19.7. The van der Waals surface area contributed by atoms with Crippen molar-refractivity contribution < 1.29 is 9.59 Å². The lowest BCUT2D eigenvalue weighted by molar-refractivity contribution is -0.118. The zero-order valence-electron chi connectivity index (χ0n) is 16.2. The number of nitrogens with zero attached hydrogens (tertiary/aromatic N) is 2. The van der Waals surface area contributed by atoms with Gasteiger partial charge in [-0.15, -0.1) is 0 Å². The molecular weight excluding hydrogens is 402 g/mol. The Kier molecular flexibility index (Phi) is 5.54. The molecule has 0 aliphatic carbocycles. The molecule has 0 spiro atoms. The van der Waals surface area contributed by atoms with Crippen molar-refractivity contribution in [1.82, 2.24) is 20.1 Å². The Balaban J connectivity index is 1.60. The lowest BCUT2D eigenvalue weighted by atomic mass is 10.0. The van der Waals surface area contributed by atoms with Gasteiger partial charge in [0.15, 0.2) is 5.82 Å². The molecule has 4 rings (SSSR count). The first-order valence-electron chi connectivity index (χ1n) is 9.42. The highest BCUT2D eigenvalue weighted by atomic mass is 35.5. The van der Waals surface area contributed by atoms with Crippen LogP contribution in [-0.2, 0) is 18.3 Å². The molecule has 0 bridgehead atoms. The number of aryl methyl sites for hydroxylation is 1. The van der Waals surface area contributed by atoms with Crippen molar-refractivity contribution in [1.29, 1.82) is 0 Å². The molecule has 0 aliphatic heterocycles. The number of halogens is 1. The highest BCUT2D eigenvalue weighted by Gasteiger charge is 2.24. The van der Waals surface area contributed by atoms with E-state index in [9.17, 15) is 9.59 Å². The highest BCUT2D eigenvalue weighted by molar-refractivity contribution is 6.33. The van der Waals surface area contributed by atoms with E-state index in [-0.39, 0.29) is 5.91 Å². The molecule has 1 atom stereocenters. The van der Waals surface area contributed by atoms with E-state index in [2.05, 4.69) is 20.7 Å². The molecule has 0 saturated heterocycles. The maximum Gasteiger partial charge on any atom is 0.253 e. The highest BCUT2D eigenvalue weighted by Crippen LogP contribution is 2.20. The van der Waals surface area contributed by atoms with Crippen LogP contribution in [0.1, 0.15) is 15.9 Å². The molecule has 0 radical (unpaired) electrons. The Hall–Kier alpha value is -3.58. The topological polar surface area (TPSA) is 91.8 Å². The third-order valence-electron chi connectivity index (χ3n) is 4.80. The summed E-state index contributed by atoms with van der Waals surface area (Å²) in [6, 6.07) is 15.4. The van der Waals surface area contributed by atoms with E-state index in [4.69, 9.17) is 11.6 Å². The van der Waals surface area contributed by atoms with Crippen LogP contribution in [0.5, 0.6) is 0 Å². The van der Waals surface area contributed by atoms with Gasteiger partial charge in [-0.2, -0.15) is 5.10 Å². The lowest BCUT2D eigenvalue weighted by Gasteiger charge is -2.18. The molecule has 30 heavy (non-hydrogen) atoms. The molecule has 7 nitrogen and oxygen atoms in total. The van der Waals surface area contributed by atoms with Gasteiger partial charge in [0.1, 0.15) is 6.04 Å². The van der Waals surface area contributed by atoms with E-state index in [0.29, 0.717) is 22.8 Å². The summed E-state index contributed by atoms with van der Waals surface area (Å²) in [5.74, 6) is -0.362. The maximum atomic E-state index is 13.0. The first-order valence-corrected chi connectivity index (χ1v) is 9.80. The minimum Gasteiger partial charge on any atom is -0.361 e. The fourth-order valence-electron chi connectivity index (χ4n) is 3.31. The van der Waals surface area contributed by atoms with Gasteiger partial charge in [0.05, 0.1) is 10.6 Å². The van der Waals surface area contributed by atoms with Gasteiger partial charge in [-0.25, -0.2) is 0 Å². The molecule has 8 heteroatoms. The second kappa shape index (κ2) is 8.42. The number of aromatic nitrogens is 3. The van der Waals surface area contributed by atoms with Crippen molar-refractivity contribution in [3.63, 3.8) is 0 Å². The predicted molar refractivity (Wildman–Crippen MR) is 117 cm³/mol. The number of para-hydroxylation sites is 1. The van der Waals surface area contributed by atoms with E-state index >= 15 is 0 Å². The largest absolute Gasteiger partial charge is 0.361 e. The number of aromatic amines is 1. The molecule has 2 aromatic heterocycles. The smallest absolute Gasteiger partial charge is 0.253 e. The summed E-state index contributed by atoms with van der Waals surface area (Å²) >= 11 is 6.16. The van der Waals surface area contributed by atoms with Gasteiger partial charge in [0, 0.05) is 42.8 Å². The molecule has 0 saturated carbocycles. The molecule has 2 amide bonds. The van der Waals surface area contributed by atoms with E-state index in [1.165, 1.54) is 0 Å². The SMILES string of the molecule is Cn1ccc(NC(=O)C(Cc2c[nH]c3ccccc23)NC(=O)c2ccccc2Cl)n1. The number of amides is 2. The van der Waals surface area contributed by atoms with Crippen LogP contribution in [0.15, 0.2) is 67.0 Å². The summed E-state index contributed by atoms with van der Waals surface area (Å²) in [5, 5.41) is 11.1. The number of fused-ring (bicyclic) bond motifs is 1. The monoisotopic (exact) mass is 421 g/mol. The summed E-state index contributed by atoms with van der Waals surface area (Å²) in [7, 11) is 1.76. The number of hydrogen-bond acceptors (Lipinski definition) is 3. The number of rotatable bonds is 6. The van der Waals surface area contributed by atoms with E-state index < -0.39 is 11.9 Å². The summed E-state index contributed by atoms with van der Waals surface area (Å²) < 4.78 is 1.59. The van der Waals surface area contributed by atoms with Crippen LogP contribution in [0.3, 0.4) is 0 Å². The second-order valence-electron chi connectivity index (χ2n) is 6.93. The first-order chi connectivity index (χ1) is 14.5. The number of carbonyl (C=O) groups excluding carboxylic acids is 2. The molecule has 4 aromatic rings. The molecule has 0 fully saturated rings. The average Bonchev–Trinajstić information content (AvgIpc) is 3.33. The molecule has 152 valence electrons. The Morgan fingerprint density at radius 2 is 1.90 bits per heavy atom. The van der Waals surface area contributed by atoms with Crippen molar-refractivity contribution in [2.24, 2.45) is 7.05 Å². The van der Waals surface area contributed by atoms with Crippen LogP contribution in [0.4, 0.5) is 5.82 Å². The van der Waals surface area contributed by atoms with Gasteiger partial charge in [-0.05, 0) is 23.8 Å². The lowest BCUT2D eigenvalue weighted by Crippen LogP contribution is -2.45. The van der Waals surface area contributed by atoms with Crippen molar-refractivity contribution >= 4 is 40.1 Å². The van der Waals surface area contributed by atoms with Crippen molar-refractivity contribution in [3.05, 3.63) is 83.1 Å². The Bertz CT molecular complexity index is 1210. The van der Waals surface area contributed by atoms with Gasteiger partial charge in [0.25, 0.3) is 5.91 Å². The molecule has 1 unspecified atom stereocenters. The number of benzene rings is 2. The summed E-state index contributed by atoms with van der Waals surface area (Å²) in [6.07, 6.45) is 3.89. The molecule has 0 aliphatic rings. The van der Waals surface area contributed by atoms with Crippen LogP contribution >= 0.6 is 11.6 Å².